The fraction of sp³-hybridized carbons (Fsp3) is 0.688. The van der Waals surface area contributed by atoms with E-state index in [4.69, 9.17) is 4.74 Å². The van der Waals surface area contributed by atoms with Gasteiger partial charge in [0.2, 0.25) is 5.91 Å². The Kier molecular flexibility index (Phi) is 6.21. The fourth-order valence-electron chi connectivity index (χ4n) is 3.10. The summed E-state index contributed by atoms with van der Waals surface area (Å²) in [6.07, 6.45) is 4.31. The smallest absolute Gasteiger partial charge is 0.227 e. The van der Waals surface area contributed by atoms with Crippen molar-refractivity contribution in [1.29, 1.82) is 0 Å². The minimum atomic E-state index is -0.137. The highest BCUT2D eigenvalue weighted by atomic mass is 32.1. The molecule has 1 saturated heterocycles. The molecular formula is C16H25NO3S. The Labute approximate surface area is 130 Å². The molecule has 2 heterocycles. The molecular weight excluding hydrogens is 286 g/mol. The number of carbonyl (C=O) groups is 1. The number of hydrogen-bond acceptors (Lipinski definition) is 4. The molecule has 0 spiro atoms. The Bertz CT molecular complexity index is 435. The Morgan fingerprint density at radius 3 is 3.10 bits per heavy atom. The molecule has 0 saturated carbocycles. The summed E-state index contributed by atoms with van der Waals surface area (Å²) in [7, 11) is 1.70. The first-order chi connectivity index (χ1) is 10.2. The van der Waals surface area contributed by atoms with Gasteiger partial charge in [-0.15, -0.1) is 11.3 Å². The number of piperidine rings is 1. The average molecular weight is 311 g/mol. The highest BCUT2D eigenvalue weighted by Gasteiger charge is 2.36. The zero-order valence-electron chi connectivity index (χ0n) is 12.7. The van der Waals surface area contributed by atoms with Crippen LogP contribution in [0.1, 0.15) is 30.6 Å². The monoisotopic (exact) mass is 311 g/mol. The van der Waals surface area contributed by atoms with Gasteiger partial charge in [0.1, 0.15) is 0 Å². The number of carbonyl (C=O) groups excluding carboxylic acids is 1. The zero-order valence-corrected chi connectivity index (χ0v) is 13.5. The highest BCUT2D eigenvalue weighted by molar-refractivity contribution is 7.10. The number of hydrogen-bond donors (Lipinski definition) is 1. The Morgan fingerprint density at radius 1 is 1.57 bits per heavy atom. The molecule has 0 aliphatic carbocycles. The summed E-state index contributed by atoms with van der Waals surface area (Å²) in [4.78, 5) is 15.5. The third-order valence-electron chi connectivity index (χ3n) is 4.31. The lowest BCUT2D eigenvalue weighted by molar-refractivity contribution is -0.135. The molecule has 1 aromatic rings. The molecule has 2 rings (SSSR count). The number of likely N-dealkylation sites (tertiary alicyclic amines) is 1. The van der Waals surface area contributed by atoms with Gasteiger partial charge in [-0.05, 0) is 37.1 Å². The molecule has 1 aliphatic rings. The van der Waals surface area contributed by atoms with E-state index in [9.17, 15) is 9.90 Å². The maximum absolute atomic E-state index is 12.4. The number of aliphatic hydroxyl groups is 1. The number of rotatable bonds is 7. The maximum atomic E-state index is 12.4. The van der Waals surface area contributed by atoms with Crippen molar-refractivity contribution in [3.8, 4) is 0 Å². The van der Waals surface area contributed by atoms with Crippen LogP contribution in [0.2, 0.25) is 0 Å². The highest BCUT2D eigenvalue weighted by Crippen LogP contribution is 2.34. The summed E-state index contributed by atoms with van der Waals surface area (Å²) in [6, 6.07) is 3.98. The van der Waals surface area contributed by atoms with Gasteiger partial charge in [-0.2, -0.15) is 0 Å². The fourth-order valence-corrected chi connectivity index (χ4v) is 3.79. The van der Waals surface area contributed by atoms with Crippen LogP contribution < -0.4 is 0 Å². The van der Waals surface area contributed by atoms with E-state index < -0.39 is 0 Å². The molecule has 4 nitrogen and oxygen atoms in total. The van der Waals surface area contributed by atoms with Crippen LogP contribution in [0.15, 0.2) is 17.5 Å². The summed E-state index contributed by atoms with van der Waals surface area (Å²) in [6.45, 7) is 2.36. The number of thiophene rings is 1. The second-order valence-corrected chi connectivity index (χ2v) is 6.96. The van der Waals surface area contributed by atoms with Crippen molar-refractivity contribution in [3.05, 3.63) is 22.4 Å². The molecule has 1 fully saturated rings. The minimum Gasteiger partial charge on any atom is -0.396 e. The summed E-state index contributed by atoms with van der Waals surface area (Å²) < 4.78 is 5.11. The largest absolute Gasteiger partial charge is 0.396 e. The third-order valence-corrected chi connectivity index (χ3v) is 5.19. The van der Waals surface area contributed by atoms with E-state index in [0.717, 1.165) is 37.1 Å². The van der Waals surface area contributed by atoms with Crippen molar-refractivity contribution in [1.82, 2.24) is 4.90 Å². The Hall–Kier alpha value is -0.910. The standard InChI is InChI=1S/C16H25NO3S/c1-20-9-4-7-16(13-18)6-3-8-17(12-16)15(19)11-14-5-2-10-21-14/h2,5,10,18H,3-4,6-9,11-13H2,1H3. The van der Waals surface area contributed by atoms with Crippen LogP contribution in [0, 0.1) is 5.41 Å². The van der Waals surface area contributed by atoms with Crippen LogP contribution in [0.3, 0.4) is 0 Å². The van der Waals surface area contributed by atoms with E-state index in [1.165, 1.54) is 0 Å². The first-order valence-corrected chi connectivity index (χ1v) is 8.47. The van der Waals surface area contributed by atoms with Crippen LogP contribution in [0.4, 0.5) is 0 Å². The van der Waals surface area contributed by atoms with Crippen LogP contribution in [0.25, 0.3) is 0 Å². The first kappa shape index (κ1) is 16.5. The van der Waals surface area contributed by atoms with Gasteiger partial charge in [0.25, 0.3) is 0 Å². The average Bonchev–Trinajstić information content (AvgIpc) is 3.01. The van der Waals surface area contributed by atoms with Gasteiger partial charge < -0.3 is 14.7 Å². The van der Waals surface area contributed by atoms with Crippen molar-refractivity contribution >= 4 is 17.2 Å². The first-order valence-electron chi connectivity index (χ1n) is 7.59. The van der Waals surface area contributed by atoms with Crippen molar-refractivity contribution in [2.45, 2.75) is 32.1 Å². The Morgan fingerprint density at radius 2 is 2.43 bits per heavy atom. The van der Waals surface area contributed by atoms with Crippen LogP contribution >= 0.6 is 11.3 Å². The molecule has 0 aromatic carbocycles. The van der Waals surface area contributed by atoms with Crippen molar-refractivity contribution < 1.29 is 14.6 Å². The molecule has 1 atom stereocenters. The van der Waals surface area contributed by atoms with E-state index >= 15 is 0 Å². The molecule has 1 unspecified atom stereocenters. The van der Waals surface area contributed by atoms with Crippen molar-refractivity contribution in [2.24, 2.45) is 5.41 Å². The number of amides is 1. The van der Waals surface area contributed by atoms with Crippen molar-refractivity contribution in [2.75, 3.05) is 33.4 Å². The van der Waals surface area contributed by atoms with Gasteiger partial charge in [0.15, 0.2) is 0 Å². The Balaban J connectivity index is 1.93. The van der Waals surface area contributed by atoms with Gasteiger partial charge in [-0.1, -0.05) is 6.07 Å². The quantitative estimate of drug-likeness (QED) is 0.786. The van der Waals surface area contributed by atoms with E-state index in [0.29, 0.717) is 19.6 Å². The van der Waals surface area contributed by atoms with Gasteiger partial charge in [-0.3, -0.25) is 4.79 Å². The van der Waals surface area contributed by atoms with Gasteiger partial charge in [-0.25, -0.2) is 0 Å². The summed E-state index contributed by atoms with van der Waals surface area (Å²) >= 11 is 1.62. The van der Waals surface area contributed by atoms with Crippen LogP contribution in [-0.4, -0.2) is 49.3 Å². The predicted octanol–water partition coefficient (Wildman–Crippen LogP) is 2.32. The molecule has 118 valence electrons. The number of ether oxygens (including phenoxy) is 1. The van der Waals surface area contributed by atoms with Gasteiger partial charge >= 0.3 is 0 Å². The summed E-state index contributed by atoms with van der Waals surface area (Å²) in [5.41, 5.74) is -0.137. The van der Waals surface area contributed by atoms with E-state index in [2.05, 4.69) is 0 Å². The lowest BCUT2D eigenvalue weighted by Gasteiger charge is -2.42. The van der Waals surface area contributed by atoms with Crippen molar-refractivity contribution in [3.63, 3.8) is 0 Å². The van der Waals surface area contributed by atoms with Gasteiger partial charge in [0, 0.05) is 37.1 Å². The molecule has 1 aromatic heterocycles. The molecule has 1 amide bonds. The number of nitrogens with zero attached hydrogens (tertiary/aromatic N) is 1. The molecule has 0 radical (unpaired) electrons. The van der Waals surface area contributed by atoms with E-state index in [1.807, 2.05) is 22.4 Å². The van der Waals surface area contributed by atoms with Crippen LogP contribution in [-0.2, 0) is 16.0 Å². The SMILES string of the molecule is COCCCC1(CO)CCCN(C(=O)Cc2cccs2)C1. The molecule has 1 N–H and O–H groups in total. The molecule has 5 heteroatoms. The second-order valence-electron chi connectivity index (χ2n) is 5.93. The maximum Gasteiger partial charge on any atom is 0.227 e. The summed E-state index contributed by atoms with van der Waals surface area (Å²) in [5.74, 6) is 0.182. The lowest BCUT2D eigenvalue weighted by Crippen LogP contribution is -2.48. The second kappa shape index (κ2) is 7.92. The topological polar surface area (TPSA) is 49.8 Å². The summed E-state index contributed by atoms with van der Waals surface area (Å²) in [5, 5.41) is 11.8. The number of methoxy groups -OCH3 is 1. The van der Waals surface area contributed by atoms with E-state index in [1.54, 1.807) is 18.4 Å². The van der Waals surface area contributed by atoms with E-state index in [-0.39, 0.29) is 17.9 Å². The minimum absolute atomic E-state index is 0.137. The zero-order chi connectivity index (χ0) is 15.1. The molecule has 1 aliphatic heterocycles. The predicted molar refractivity (Wildman–Crippen MR) is 84.5 cm³/mol. The number of aliphatic hydroxyl groups excluding tert-OH is 1. The molecule has 21 heavy (non-hydrogen) atoms. The van der Waals surface area contributed by atoms with Gasteiger partial charge in [0.05, 0.1) is 13.0 Å². The third kappa shape index (κ3) is 4.53. The molecule has 0 bridgehead atoms. The van der Waals surface area contributed by atoms with Crippen LogP contribution in [0.5, 0.6) is 0 Å². The normalized spacial score (nSPS) is 22.5. The lowest BCUT2D eigenvalue weighted by atomic mass is 9.77.